The molecule has 4 rings (SSSR count). The Morgan fingerprint density at radius 3 is 2.95 bits per heavy atom. The van der Waals surface area contributed by atoms with Crippen LogP contribution in [0.25, 0.3) is 0 Å². The molecule has 98 valence electrons. The van der Waals surface area contributed by atoms with Gasteiger partial charge in [0.2, 0.25) is 0 Å². The van der Waals surface area contributed by atoms with Crippen LogP contribution in [0.1, 0.15) is 43.1 Å². The van der Waals surface area contributed by atoms with E-state index in [1.807, 2.05) is 4.68 Å². The Morgan fingerprint density at radius 1 is 1.26 bits per heavy atom. The molecule has 0 spiro atoms. The van der Waals surface area contributed by atoms with Gasteiger partial charge in [-0.1, -0.05) is 25.1 Å². The number of rotatable bonds is 3. The molecule has 2 aliphatic rings. The largest absolute Gasteiger partial charge is 0.363 e. The zero-order valence-electron chi connectivity index (χ0n) is 11.0. The highest BCUT2D eigenvalue weighted by Crippen LogP contribution is 2.38. The van der Waals surface area contributed by atoms with Crippen molar-refractivity contribution in [3.63, 3.8) is 0 Å². The number of fused-ring (bicyclic) bond motifs is 1. The Morgan fingerprint density at radius 2 is 2.11 bits per heavy atom. The zero-order valence-corrected chi connectivity index (χ0v) is 11.0. The zero-order chi connectivity index (χ0) is 12.8. The van der Waals surface area contributed by atoms with E-state index in [-0.39, 0.29) is 0 Å². The molecule has 1 unspecified atom stereocenters. The Labute approximate surface area is 112 Å². The number of aromatic nitrogens is 4. The fourth-order valence-corrected chi connectivity index (χ4v) is 2.96. The standard InChI is InChI=1S/C14H17N5/c1-10-8-18(13-5-3-2-4-12(10)13)9-14-15-16-17-19(14)11-6-7-11/h2-5,10-11H,6-9H2,1H3. The first-order valence-electron chi connectivity index (χ1n) is 6.93. The molecule has 1 aromatic carbocycles. The lowest BCUT2D eigenvalue weighted by molar-refractivity contribution is 0.573. The third-order valence-corrected chi connectivity index (χ3v) is 4.09. The lowest BCUT2D eigenvalue weighted by Gasteiger charge is -2.18. The highest BCUT2D eigenvalue weighted by atomic mass is 15.6. The van der Waals surface area contributed by atoms with Crippen molar-refractivity contribution in [2.45, 2.75) is 38.3 Å². The van der Waals surface area contributed by atoms with Gasteiger partial charge in [-0.05, 0) is 34.9 Å². The van der Waals surface area contributed by atoms with Gasteiger partial charge in [0.25, 0.3) is 0 Å². The number of tetrazole rings is 1. The number of nitrogens with zero attached hydrogens (tertiary/aromatic N) is 5. The van der Waals surface area contributed by atoms with Gasteiger partial charge in [-0.2, -0.15) is 0 Å². The highest BCUT2D eigenvalue weighted by Gasteiger charge is 2.30. The molecule has 2 heterocycles. The van der Waals surface area contributed by atoms with Crippen LogP contribution in [0.3, 0.4) is 0 Å². The second kappa shape index (κ2) is 4.05. The minimum atomic E-state index is 0.542. The van der Waals surface area contributed by atoms with Gasteiger partial charge in [0.1, 0.15) is 0 Å². The van der Waals surface area contributed by atoms with E-state index in [1.165, 1.54) is 24.1 Å². The lowest BCUT2D eigenvalue weighted by atomic mass is 10.0. The number of anilines is 1. The minimum Gasteiger partial charge on any atom is -0.363 e. The van der Waals surface area contributed by atoms with E-state index in [4.69, 9.17) is 0 Å². The maximum absolute atomic E-state index is 4.20. The van der Waals surface area contributed by atoms with Crippen molar-refractivity contribution < 1.29 is 0 Å². The van der Waals surface area contributed by atoms with Crippen molar-refractivity contribution in [3.8, 4) is 0 Å². The van der Waals surface area contributed by atoms with Crippen LogP contribution in [-0.4, -0.2) is 26.8 Å². The first-order valence-corrected chi connectivity index (χ1v) is 6.93. The summed E-state index contributed by atoms with van der Waals surface area (Å²) in [7, 11) is 0. The van der Waals surface area contributed by atoms with Gasteiger partial charge in [0.05, 0.1) is 12.6 Å². The van der Waals surface area contributed by atoms with Gasteiger partial charge in [-0.3, -0.25) is 0 Å². The Hall–Kier alpha value is -1.91. The van der Waals surface area contributed by atoms with Gasteiger partial charge in [0.15, 0.2) is 5.82 Å². The van der Waals surface area contributed by atoms with Crippen molar-refractivity contribution in [1.29, 1.82) is 0 Å². The molecule has 0 amide bonds. The van der Waals surface area contributed by atoms with Crippen LogP contribution < -0.4 is 4.90 Å². The number of hydrogen-bond donors (Lipinski definition) is 0. The summed E-state index contributed by atoms with van der Waals surface area (Å²) in [6.07, 6.45) is 2.43. The van der Waals surface area contributed by atoms with Crippen LogP contribution in [0.5, 0.6) is 0 Å². The van der Waals surface area contributed by atoms with E-state index in [9.17, 15) is 0 Å². The third kappa shape index (κ3) is 1.80. The first-order chi connectivity index (χ1) is 9.33. The van der Waals surface area contributed by atoms with Crippen LogP contribution in [-0.2, 0) is 6.54 Å². The van der Waals surface area contributed by atoms with E-state index < -0.39 is 0 Å². The molecule has 5 heteroatoms. The number of para-hydroxylation sites is 1. The van der Waals surface area contributed by atoms with E-state index in [1.54, 1.807) is 0 Å². The predicted molar refractivity (Wildman–Crippen MR) is 72.0 cm³/mol. The molecule has 1 atom stereocenters. The molecular formula is C14H17N5. The summed E-state index contributed by atoms with van der Waals surface area (Å²) in [5.41, 5.74) is 2.77. The normalized spacial score (nSPS) is 21.7. The van der Waals surface area contributed by atoms with Gasteiger partial charge >= 0.3 is 0 Å². The van der Waals surface area contributed by atoms with Crippen molar-refractivity contribution in [2.75, 3.05) is 11.4 Å². The average molecular weight is 255 g/mol. The number of hydrogen-bond acceptors (Lipinski definition) is 4. The molecule has 0 N–H and O–H groups in total. The molecule has 2 aromatic rings. The van der Waals surface area contributed by atoms with Crippen molar-refractivity contribution in [2.24, 2.45) is 0 Å². The summed E-state index contributed by atoms with van der Waals surface area (Å²) in [5.74, 6) is 1.58. The van der Waals surface area contributed by atoms with Crippen LogP contribution in [0.4, 0.5) is 5.69 Å². The smallest absolute Gasteiger partial charge is 0.170 e. The molecule has 1 aliphatic carbocycles. The first kappa shape index (κ1) is 11.0. The molecule has 19 heavy (non-hydrogen) atoms. The molecule has 1 fully saturated rings. The van der Waals surface area contributed by atoms with Crippen molar-refractivity contribution >= 4 is 5.69 Å². The topological polar surface area (TPSA) is 46.8 Å². The van der Waals surface area contributed by atoms with E-state index in [0.717, 1.165) is 18.9 Å². The monoisotopic (exact) mass is 255 g/mol. The Balaban J connectivity index is 1.62. The van der Waals surface area contributed by atoms with Crippen LogP contribution in [0.15, 0.2) is 24.3 Å². The second-order valence-electron chi connectivity index (χ2n) is 5.61. The minimum absolute atomic E-state index is 0.542. The lowest BCUT2D eigenvalue weighted by Crippen LogP contribution is -2.23. The van der Waals surface area contributed by atoms with Gasteiger partial charge < -0.3 is 4.90 Å². The van der Waals surface area contributed by atoms with Crippen LogP contribution in [0, 0.1) is 0 Å². The molecule has 5 nitrogen and oxygen atoms in total. The van der Waals surface area contributed by atoms with Crippen molar-refractivity contribution in [1.82, 2.24) is 20.2 Å². The molecule has 0 radical (unpaired) electrons. The third-order valence-electron chi connectivity index (χ3n) is 4.09. The Bertz CT molecular complexity index is 601. The molecule has 1 saturated carbocycles. The fraction of sp³-hybridized carbons (Fsp3) is 0.500. The summed E-state index contributed by atoms with van der Waals surface area (Å²) >= 11 is 0. The summed E-state index contributed by atoms with van der Waals surface area (Å²) in [5, 5.41) is 12.2. The average Bonchev–Trinajstić information content (AvgIpc) is 3.10. The van der Waals surface area contributed by atoms with Crippen LogP contribution >= 0.6 is 0 Å². The molecular weight excluding hydrogens is 238 g/mol. The predicted octanol–water partition coefficient (Wildman–Crippen LogP) is 2.13. The fourth-order valence-electron chi connectivity index (χ4n) is 2.96. The van der Waals surface area contributed by atoms with Crippen molar-refractivity contribution in [3.05, 3.63) is 35.7 Å². The molecule has 0 bridgehead atoms. The summed E-state index contributed by atoms with van der Waals surface area (Å²) < 4.78 is 2.01. The van der Waals surface area contributed by atoms with E-state index in [0.29, 0.717) is 12.0 Å². The van der Waals surface area contributed by atoms with Gasteiger partial charge in [-0.15, -0.1) is 5.10 Å². The summed E-state index contributed by atoms with van der Waals surface area (Å²) in [4.78, 5) is 2.39. The summed E-state index contributed by atoms with van der Waals surface area (Å²) in [6.45, 7) is 4.14. The van der Waals surface area contributed by atoms with E-state index in [2.05, 4.69) is 51.6 Å². The maximum Gasteiger partial charge on any atom is 0.170 e. The molecule has 1 aromatic heterocycles. The maximum atomic E-state index is 4.20. The Kier molecular flexibility index (Phi) is 2.33. The van der Waals surface area contributed by atoms with Gasteiger partial charge in [-0.25, -0.2) is 4.68 Å². The highest BCUT2D eigenvalue weighted by molar-refractivity contribution is 5.59. The SMILES string of the molecule is CC1CN(Cc2nnnn2C2CC2)c2ccccc21. The van der Waals surface area contributed by atoms with E-state index >= 15 is 0 Å². The molecule has 1 aliphatic heterocycles. The number of benzene rings is 1. The quantitative estimate of drug-likeness (QED) is 0.843. The second-order valence-corrected chi connectivity index (χ2v) is 5.61. The van der Waals surface area contributed by atoms with Gasteiger partial charge in [0, 0.05) is 18.2 Å². The van der Waals surface area contributed by atoms with Crippen LogP contribution in [0.2, 0.25) is 0 Å². The summed E-state index contributed by atoms with van der Waals surface area (Å²) in [6, 6.07) is 9.19. The molecule has 0 saturated heterocycles.